The van der Waals surface area contributed by atoms with Crippen molar-refractivity contribution in [2.45, 2.75) is 6.42 Å². The first-order valence-electron chi connectivity index (χ1n) is 4.65. The average molecular weight is 306 g/mol. The first-order valence-corrected chi connectivity index (χ1v) is 6.81. The number of thioether (sulfide) groups is 1. The topological polar surface area (TPSA) is 24.4 Å². The van der Waals surface area contributed by atoms with E-state index < -0.39 is 0 Å². The van der Waals surface area contributed by atoms with Gasteiger partial charge in [-0.15, -0.1) is 0 Å². The van der Waals surface area contributed by atoms with E-state index in [0.717, 1.165) is 34.0 Å². The van der Waals surface area contributed by atoms with Crippen LogP contribution in [0, 0.1) is 0 Å². The van der Waals surface area contributed by atoms with Crippen molar-refractivity contribution in [3.63, 3.8) is 0 Å². The van der Waals surface area contributed by atoms with Gasteiger partial charge in [-0.05, 0) is 40.5 Å². The van der Waals surface area contributed by atoms with E-state index in [2.05, 4.69) is 26.2 Å². The summed E-state index contributed by atoms with van der Waals surface area (Å²) in [6.45, 7) is 0.916. The smallest absolute Gasteiger partial charge is 0.161 e. The molecule has 2 nitrogen and oxygen atoms in total. The molecule has 0 aromatic heterocycles. The highest BCUT2D eigenvalue weighted by atomic mass is 79.9. The molecule has 0 atom stereocenters. The van der Waals surface area contributed by atoms with Gasteiger partial charge in [0.1, 0.15) is 0 Å². The number of hydrogen-bond donors (Lipinski definition) is 1. The maximum atomic E-state index is 6.00. The maximum absolute atomic E-state index is 6.00. The van der Waals surface area contributed by atoms with Crippen LogP contribution in [0.2, 0.25) is 5.02 Å². The van der Waals surface area contributed by atoms with Gasteiger partial charge in [0.05, 0.1) is 5.02 Å². The van der Waals surface area contributed by atoms with Crippen LogP contribution in [0.25, 0.3) is 0 Å². The van der Waals surface area contributed by atoms with Crippen LogP contribution in [-0.2, 0) is 0 Å². The maximum Gasteiger partial charge on any atom is 0.161 e. The molecule has 0 radical (unpaired) electrons. The lowest BCUT2D eigenvalue weighted by molar-refractivity contribution is 0.938. The van der Waals surface area contributed by atoms with E-state index in [1.807, 2.05) is 18.2 Å². The number of anilines is 1. The average Bonchev–Trinajstić information content (AvgIpc) is 2.25. The van der Waals surface area contributed by atoms with E-state index in [1.54, 1.807) is 11.8 Å². The molecule has 1 aromatic carbocycles. The molecule has 80 valence electrons. The Bertz CT molecular complexity index is 395. The van der Waals surface area contributed by atoms with Gasteiger partial charge in [-0.2, -0.15) is 0 Å². The first-order chi connectivity index (χ1) is 7.25. The highest BCUT2D eigenvalue weighted by Gasteiger charge is 2.06. The van der Waals surface area contributed by atoms with Crippen molar-refractivity contribution in [3.8, 4) is 0 Å². The van der Waals surface area contributed by atoms with E-state index in [4.69, 9.17) is 11.6 Å². The molecule has 15 heavy (non-hydrogen) atoms. The van der Waals surface area contributed by atoms with Gasteiger partial charge in [-0.3, -0.25) is 4.99 Å². The Morgan fingerprint density at radius 2 is 2.33 bits per heavy atom. The number of halogens is 2. The van der Waals surface area contributed by atoms with Crippen molar-refractivity contribution in [1.82, 2.24) is 0 Å². The monoisotopic (exact) mass is 304 g/mol. The SMILES string of the molecule is Clc1cc(NC2=NCCCS2)ccc1Br. The van der Waals surface area contributed by atoms with Crippen molar-refractivity contribution in [2.24, 2.45) is 4.99 Å². The molecule has 0 fully saturated rings. The van der Waals surface area contributed by atoms with Crippen LogP contribution < -0.4 is 5.32 Å². The molecule has 1 aliphatic rings. The van der Waals surface area contributed by atoms with E-state index in [9.17, 15) is 0 Å². The number of nitrogens with one attached hydrogen (secondary N) is 1. The predicted molar refractivity (Wildman–Crippen MR) is 72.2 cm³/mol. The fourth-order valence-electron chi connectivity index (χ4n) is 1.23. The largest absolute Gasteiger partial charge is 0.335 e. The predicted octanol–water partition coefficient (Wildman–Crippen LogP) is 4.01. The van der Waals surface area contributed by atoms with Crippen LogP contribution in [0.3, 0.4) is 0 Å². The van der Waals surface area contributed by atoms with Crippen LogP contribution >= 0.6 is 39.3 Å². The van der Waals surface area contributed by atoms with Crippen molar-refractivity contribution in [2.75, 3.05) is 17.6 Å². The molecule has 0 unspecified atom stereocenters. The van der Waals surface area contributed by atoms with Gasteiger partial charge in [-0.1, -0.05) is 23.4 Å². The van der Waals surface area contributed by atoms with Gasteiger partial charge in [0.15, 0.2) is 5.17 Å². The van der Waals surface area contributed by atoms with E-state index in [0.29, 0.717) is 5.02 Å². The summed E-state index contributed by atoms with van der Waals surface area (Å²) in [5, 5.41) is 4.95. The molecular formula is C10H10BrClN2S. The third kappa shape index (κ3) is 3.13. The summed E-state index contributed by atoms with van der Waals surface area (Å²) in [5.41, 5.74) is 0.983. The lowest BCUT2D eigenvalue weighted by Gasteiger charge is -2.13. The molecule has 0 amide bonds. The number of rotatable bonds is 1. The molecule has 1 N–H and O–H groups in total. The zero-order valence-electron chi connectivity index (χ0n) is 7.96. The van der Waals surface area contributed by atoms with Gasteiger partial charge in [0.2, 0.25) is 0 Å². The molecule has 1 aliphatic heterocycles. The van der Waals surface area contributed by atoms with Crippen LogP contribution in [0.15, 0.2) is 27.7 Å². The summed E-state index contributed by atoms with van der Waals surface area (Å²) in [5.74, 6) is 1.14. The Balaban J connectivity index is 2.10. The third-order valence-corrected chi connectivity index (χ3v) is 4.20. The fraction of sp³-hybridized carbons (Fsp3) is 0.300. The lowest BCUT2D eigenvalue weighted by atomic mass is 10.3. The first kappa shape index (κ1) is 11.3. The Hall–Kier alpha value is -0.190. The molecule has 2 rings (SSSR count). The van der Waals surface area contributed by atoms with E-state index in [-0.39, 0.29) is 0 Å². The summed E-state index contributed by atoms with van der Waals surface area (Å²) >= 11 is 11.1. The number of nitrogens with zero attached hydrogens (tertiary/aromatic N) is 1. The molecule has 5 heteroatoms. The number of aliphatic imine (C=N–C) groups is 1. The number of hydrogen-bond acceptors (Lipinski definition) is 3. The normalized spacial score (nSPS) is 16.0. The number of benzene rings is 1. The van der Waals surface area contributed by atoms with Crippen molar-refractivity contribution in [3.05, 3.63) is 27.7 Å². The number of amidine groups is 1. The Morgan fingerprint density at radius 3 is 3.00 bits per heavy atom. The highest BCUT2D eigenvalue weighted by Crippen LogP contribution is 2.26. The standard InChI is InChI=1S/C10H10BrClN2S/c11-8-3-2-7(6-9(8)12)14-10-13-4-1-5-15-10/h2-3,6H,1,4-5H2,(H,13,14). The summed E-state index contributed by atoms with van der Waals surface area (Å²) < 4.78 is 0.910. The lowest BCUT2D eigenvalue weighted by Crippen LogP contribution is -2.13. The zero-order chi connectivity index (χ0) is 10.7. The Labute approximate surface area is 107 Å². The van der Waals surface area contributed by atoms with Gasteiger partial charge in [-0.25, -0.2) is 0 Å². The second-order valence-corrected chi connectivity index (χ2v) is 5.49. The molecule has 1 aromatic rings. The molecule has 0 aliphatic carbocycles. The van der Waals surface area contributed by atoms with Crippen molar-refractivity contribution in [1.29, 1.82) is 0 Å². The van der Waals surface area contributed by atoms with Gasteiger partial charge in [0, 0.05) is 22.5 Å². The third-order valence-electron chi connectivity index (χ3n) is 1.97. The van der Waals surface area contributed by atoms with Crippen LogP contribution in [0.1, 0.15) is 6.42 Å². The van der Waals surface area contributed by atoms with Crippen LogP contribution in [0.5, 0.6) is 0 Å². The minimum Gasteiger partial charge on any atom is -0.335 e. The Morgan fingerprint density at radius 1 is 1.47 bits per heavy atom. The summed E-state index contributed by atoms with van der Waals surface area (Å²) in [6, 6.07) is 5.80. The molecule has 0 bridgehead atoms. The summed E-state index contributed by atoms with van der Waals surface area (Å²) in [7, 11) is 0. The Kier molecular flexibility index (Phi) is 3.94. The van der Waals surface area contributed by atoms with Gasteiger partial charge < -0.3 is 5.32 Å². The quantitative estimate of drug-likeness (QED) is 0.848. The summed E-state index contributed by atoms with van der Waals surface area (Å²) in [6.07, 6.45) is 1.16. The molecule has 0 saturated heterocycles. The molecule has 1 heterocycles. The van der Waals surface area contributed by atoms with Crippen molar-refractivity contribution < 1.29 is 0 Å². The fourth-order valence-corrected chi connectivity index (χ4v) is 2.50. The summed E-state index contributed by atoms with van der Waals surface area (Å²) in [4.78, 5) is 4.39. The van der Waals surface area contributed by atoms with Crippen LogP contribution in [-0.4, -0.2) is 17.5 Å². The zero-order valence-corrected chi connectivity index (χ0v) is 11.1. The van der Waals surface area contributed by atoms with Crippen LogP contribution in [0.4, 0.5) is 5.69 Å². The van der Waals surface area contributed by atoms with Gasteiger partial charge >= 0.3 is 0 Å². The van der Waals surface area contributed by atoms with Gasteiger partial charge in [0.25, 0.3) is 0 Å². The highest BCUT2D eigenvalue weighted by molar-refractivity contribution is 9.10. The molecular weight excluding hydrogens is 296 g/mol. The minimum absolute atomic E-state index is 0.710. The van der Waals surface area contributed by atoms with Crippen molar-refractivity contribution >= 4 is 50.1 Å². The second-order valence-electron chi connectivity index (χ2n) is 3.14. The second kappa shape index (κ2) is 5.23. The minimum atomic E-state index is 0.710. The molecule has 0 spiro atoms. The van der Waals surface area contributed by atoms with E-state index >= 15 is 0 Å². The molecule has 0 saturated carbocycles. The van der Waals surface area contributed by atoms with E-state index in [1.165, 1.54) is 0 Å².